The van der Waals surface area contributed by atoms with Gasteiger partial charge in [0.15, 0.2) is 5.92 Å². The summed E-state index contributed by atoms with van der Waals surface area (Å²) in [5.41, 5.74) is 0.971. The van der Waals surface area contributed by atoms with Gasteiger partial charge >= 0.3 is 6.03 Å². The molecule has 6 nitrogen and oxygen atoms in total. The largest absolute Gasteiger partial charge is 0.335 e. The molecule has 1 atom stereocenters. The summed E-state index contributed by atoms with van der Waals surface area (Å²) < 4.78 is 12.9. The molecule has 0 aliphatic carbocycles. The molecule has 1 fully saturated rings. The molecule has 2 aromatic rings. The van der Waals surface area contributed by atoms with E-state index in [-0.39, 0.29) is 18.0 Å². The van der Waals surface area contributed by atoms with Crippen LogP contribution in [0, 0.1) is 11.7 Å². The quantitative estimate of drug-likeness (QED) is 0.661. The van der Waals surface area contributed by atoms with Gasteiger partial charge in [-0.15, -0.1) is 0 Å². The fourth-order valence-electron chi connectivity index (χ4n) is 2.43. The highest BCUT2D eigenvalue weighted by Crippen LogP contribution is 2.23. The highest BCUT2D eigenvalue weighted by Gasteiger charge is 2.40. The van der Waals surface area contributed by atoms with Crippen LogP contribution in [0.1, 0.15) is 5.56 Å². The first-order chi connectivity index (χ1) is 12.5. The highest BCUT2D eigenvalue weighted by atomic mass is 35.5. The van der Waals surface area contributed by atoms with Crippen LogP contribution in [0.25, 0.3) is 0 Å². The van der Waals surface area contributed by atoms with Gasteiger partial charge in [-0.1, -0.05) is 29.8 Å². The smallest absolute Gasteiger partial charge is 0.291 e. The van der Waals surface area contributed by atoms with E-state index in [0.717, 1.165) is 4.90 Å². The number of rotatable bonds is 4. The summed E-state index contributed by atoms with van der Waals surface area (Å²) in [5.74, 6) is -3.08. The molecule has 1 aliphatic rings. The number of carbonyl (C=O) groups excluding carboxylic acids is 3. The molecule has 8 heteroatoms. The van der Waals surface area contributed by atoms with Crippen LogP contribution in [0.4, 0.5) is 14.9 Å². The van der Waals surface area contributed by atoms with E-state index in [9.17, 15) is 18.8 Å². The van der Waals surface area contributed by atoms with Gasteiger partial charge in [-0.2, -0.15) is 0 Å². The number of hydrogen-bond acceptors (Lipinski definition) is 4. The number of anilines is 1. The number of amides is 4. The van der Waals surface area contributed by atoms with Crippen LogP contribution in [-0.4, -0.2) is 24.1 Å². The number of benzene rings is 2. The van der Waals surface area contributed by atoms with Gasteiger partial charge in [-0.3, -0.25) is 19.9 Å². The average Bonchev–Trinajstić information content (AvgIpc) is 2.59. The first-order valence-corrected chi connectivity index (χ1v) is 8.02. The molecule has 0 bridgehead atoms. The molecule has 0 aromatic heterocycles. The number of aliphatic imine (C=N–C) groups is 1. The maximum Gasteiger partial charge on any atom is 0.335 e. The van der Waals surface area contributed by atoms with Crippen molar-refractivity contribution in [2.45, 2.75) is 6.54 Å². The standard InChI is InChI=1S/C18H13ClFN3O3/c19-12-2-1-3-14(8-12)23-17(25)15(16(24)22-18(23)26)10-21-9-11-4-6-13(20)7-5-11/h1-8,10,15H,9H2,(H,22,24,26)/t15-/m0/s1. The molecular weight excluding hydrogens is 361 g/mol. The first-order valence-electron chi connectivity index (χ1n) is 7.64. The Balaban J connectivity index is 1.79. The topological polar surface area (TPSA) is 78.8 Å². The van der Waals surface area contributed by atoms with Crippen molar-refractivity contribution >= 4 is 41.3 Å². The number of nitrogens with one attached hydrogen (secondary N) is 1. The second-order valence-corrected chi connectivity index (χ2v) is 5.98. The number of halogens is 2. The minimum absolute atomic E-state index is 0.169. The van der Waals surface area contributed by atoms with Crippen LogP contribution in [0.3, 0.4) is 0 Å². The predicted octanol–water partition coefficient (Wildman–Crippen LogP) is 2.95. The van der Waals surface area contributed by atoms with Gasteiger partial charge in [0.05, 0.1) is 12.2 Å². The number of carbonyl (C=O) groups is 3. The van der Waals surface area contributed by atoms with Crippen LogP contribution >= 0.6 is 11.6 Å². The summed E-state index contributed by atoms with van der Waals surface area (Å²) >= 11 is 5.90. The normalized spacial score (nSPS) is 17.7. The molecule has 1 heterocycles. The fraction of sp³-hybridized carbons (Fsp3) is 0.111. The first kappa shape index (κ1) is 17.8. The molecule has 0 unspecified atom stereocenters. The molecule has 1 N–H and O–H groups in total. The molecule has 2 aromatic carbocycles. The van der Waals surface area contributed by atoms with E-state index in [1.807, 2.05) is 0 Å². The maximum absolute atomic E-state index is 12.9. The van der Waals surface area contributed by atoms with Gasteiger partial charge < -0.3 is 0 Å². The van der Waals surface area contributed by atoms with E-state index in [4.69, 9.17) is 11.6 Å². The van der Waals surface area contributed by atoms with E-state index in [2.05, 4.69) is 10.3 Å². The fourth-order valence-corrected chi connectivity index (χ4v) is 2.62. The van der Waals surface area contributed by atoms with Crippen LogP contribution in [0.5, 0.6) is 0 Å². The van der Waals surface area contributed by atoms with E-state index < -0.39 is 23.8 Å². The van der Waals surface area contributed by atoms with Crippen LogP contribution < -0.4 is 10.2 Å². The Hall–Kier alpha value is -3.06. The molecule has 26 heavy (non-hydrogen) atoms. The summed E-state index contributed by atoms with van der Waals surface area (Å²) in [6.45, 7) is 0.169. The van der Waals surface area contributed by atoms with Crippen LogP contribution in [-0.2, 0) is 16.1 Å². The third-order valence-corrected chi connectivity index (χ3v) is 3.95. The molecule has 0 radical (unpaired) electrons. The lowest BCUT2D eigenvalue weighted by Gasteiger charge is -2.28. The molecule has 132 valence electrons. The zero-order valence-corrected chi connectivity index (χ0v) is 14.1. The Bertz CT molecular complexity index is 899. The lowest BCUT2D eigenvalue weighted by atomic mass is 10.1. The number of urea groups is 1. The van der Waals surface area contributed by atoms with E-state index in [1.54, 1.807) is 24.3 Å². The Morgan fingerprint density at radius 2 is 1.88 bits per heavy atom. The maximum atomic E-state index is 12.9. The molecule has 1 saturated heterocycles. The number of barbiturate groups is 1. The lowest BCUT2D eigenvalue weighted by molar-refractivity contribution is -0.131. The third-order valence-electron chi connectivity index (χ3n) is 3.71. The number of hydrogen-bond donors (Lipinski definition) is 1. The second-order valence-electron chi connectivity index (χ2n) is 5.54. The summed E-state index contributed by atoms with van der Waals surface area (Å²) in [7, 11) is 0. The van der Waals surface area contributed by atoms with Crippen molar-refractivity contribution in [1.29, 1.82) is 0 Å². The summed E-state index contributed by atoms with van der Waals surface area (Å²) in [6, 6.07) is 11.0. The minimum atomic E-state index is -1.24. The summed E-state index contributed by atoms with van der Waals surface area (Å²) in [5, 5.41) is 2.48. The van der Waals surface area contributed by atoms with Gasteiger partial charge in [-0.25, -0.2) is 14.1 Å². The van der Waals surface area contributed by atoms with Crippen molar-refractivity contribution in [1.82, 2.24) is 5.32 Å². The number of nitrogens with zero attached hydrogens (tertiary/aromatic N) is 2. The molecule has 3 rings (SSSR count). The zero-order valence-electron chi connectivity index (χ0n) is 13.4. The van der Waals surface area contributed by atoms with E-state index in [1.165, 1.54) is 30.5 Å². The summed E-state index contributed by atoms with van der Waals surface area (Å²) in [4.78, 5) is 41.6. The Labute approximate surface area is 153 Å². The minimum Gasteiger partial charge on any atom is -0.291 e. The molecule has 0 saturated carbocycles. The van der Waals surface area contributed by atoms with Gasteiger partial charge in [0.25, 0.3) is 5.91 Å². The predicted molar refractivity (Wildman–Crippen MR) is 94.6 cm³/mol. The van der Waals surface area contributed by atoms with Crippen molar-refractivity contribution in [3.63, 3.8) is 0 Å². The van der Waals surface area contributed by atoms with E-state index >= 15 is 0 Å². The van der Waals surface area contributed by atoms with Crippen LogP contribution in [0.15, 0.2) is 53.5 Å². The Morgan fingerprint density at radius 3 is 2.58 bits per heavy atom. The zero-order chi connectivity index (χ0) is 18.7. The third kappa shape index (κ3) is 3.78. The monoisotopic (exact) mass is 373 g/mol. The van der Waals surface area contributed by atoms with Gasteiger partial charge in [0.2, 0.25) is 5.91 Å². The molecular formula is C18H13ClFN3O3. The van der Waals surface area contributed by atoms with Crippen molar-refractivity contribution in [2.24, 2.45) is 10.9 Å². The van der Waals surface area contributed by atoms with Crippen molar-refractivity contribution in [2.75, 3.05) is 4.90 Å². The van der Waals surface area contributed by atoms with Crippen LogP contribution in [0.2, 0.25) is 5.02 Å². The van der Waals surface area contributed by atoms with E-state index in [0.29, 0.717) is 10.6 Å². The average molecular weight is 374 g/mol. The molecule has 4 amide bonds. The Kier molecular flexibility index (Phi) is 5.09. The van der Waals surface area contributed by atoms with Crippen molar-refractivity contribution in [3.05, 3.63) is 64.9 Å². The Morgan fingerprint density at radius 1 is 1.15 bits per heavy atom. The number of imide groups is 2. The molecule has 1 aliphatic heterocycles. The summed E-state index contributed by atoms with van der Waals surface area (Å²) in [6.07, 6.45) is 1.19. The SMILES string of the molecule is O=C1NC(=O)N(c2cccc(Cl)c2)C(=O)[C@H]1C=NCc1ccc(F)cc1. The van der Waals surface area contributed by atoms with Crippen molar-refractivity contribution in [3.8, 4) is 0 Å². The van der Waals surface area contributed by atoms with Gasteiger partial charge in [0, 0.05) is 11.2 Å². The highest BCUT2D eigenvalue weighted by molar-refractivity contribution is 6.34. The van der Waals surface area contributed by atoms with Gasteiger partial charge in [0.1, 0.15) is 5.82 Å². The lowest BCUT2D eigenvalue weighted by Crippen LogP contribution is -2.58. The van der Waals surface area contributed by atoms with Gasteiger partial charge in [-0.05, 0) is 35.9 Å². The molecule has 0 spiro atoms. The second kappa shape index (κ2) is 7.45. The van der Waals surface area contributed by atoms with Crippen molar-refractivity contribution < 1.29 is 18.8 Å².